The number of benzene rings is 2. The van der Waals surface area contributed by atoms with Crippen LogP contribution in [0.15, 0.2) is 48.5 Å². The van der Waals surface area contributed by atoms with Crippen molar-refractivity contribution in [1.82, 2.24) is 4.31 Å². The Kier molecular flexibility index (Phi) is 6.70. The van der Waals surface area contributed by atoms with Crippen LogP contribution in [0, 0.1) is 5.82 Å². The van der Waals surface area contributed by atoms with E-state index in [1.54, 1.807) is 13.2 Å². The summed E-state index contributed by atoms with van der Waals surface area (Å²) < 4.78 is 43.5. The molecule has 0 aliphatic rings. The van der Waals surface area contributed by atoms with Gasteiger partial charge in [0.15, 0.2) is 0 Å². The molecule has 0 saturated carbocycles. The van der Waals surface area contributed by atoms with E-state index in [9.17, 15) is 17.6 Å². The molecule has 0 fully saturated rings. The lowest BCUT2D eigenvalue weighted by atomic mass is 10.1. The number of nitrogens with one attached hydrogen (secondary N) is 1. The Hall–Kier alpha value is -2.45. The Morgan fingerprint density at radius 2 is 1.92 bits per heavy atom. The van der Waals surface area contributed by atoms with Crippen molar-refractivity contribution < 1.29 is 22.3 Å². The summed E-state index contributed by atoms with van der Waals surface area (Å²) in [5.41, 5.74) is 1.11. The predicted molar refractivity (Wildman–Crippen MR) is 98.1 cm³/mol. The first-order chi connectivity index (χ1) is 12.3. The van der Waals surface area contributed by atoms with E-state index in [2.05, 4.69) is 5.32 Å². The Morgan fingerprint density at radius 3 is 2.58 bits per heavy atom. The molecule has 0 spiro atoms. The highest BCUT2D eigenvalue weighted by atomic mass is 32.2. The molecule has 0 heterocycles. The lowest BCUT2D eigenvalue weighted by Gasteiger charge is -2.20. The molecule has 0 bridgehead atoms. The third kappa shape index (κ3) is 5.82. The van der Waals surface area contributed by atoms with Gasteiger partial charge in [0.1, 0.15) is 11.6 Å². The number of carbonyl (C=O) groups is 1. The fraction of sp³-hybridized carbons (Fsp3) is 0.278. The number of sulfonamides is 1. The third-order valence-corrected chi connectivity index (χ3v) is 4.97. The van der Waals surface area contributed by atoms with Gasteiger partial charge < -0.3 is 10.1 Å². The molecular formula is C18H21FN2O4S. The SMILES string of the molecule is COc1ccccc1CCN(CC(=O)Nc1cccc(F)c1)S(C)(=O)=O. The second-order valence-electron chi connectivity index (χ2n) is 5.72. The first-order valence-electron chi connectivity index (χ1n) is 7.92. The van der Waals surface area contributed by atoms with E-state index in [0.29, 0.717) is 12.2 Å². The number of anilines is 1. The van der Waals surface area contributed by atoms with Crippen molar-refractivity contribution in [3.05, 3.63) is 59.9 Å². The number of halogens is 1. The summed E-state index contributed by atoms with van der Waals surface area (Å²) in [4.78, 5) is 12.2. The molecule has 8 heteroatoms. The summed E-state index contributed by atoms with van der Waals surface area (Å²) in [5.74, 6) is -0.370. The molecule has 26 heavy (non-hydrogen) atoms. The fourth-order valence-corrected chi connectivity index (χ4v) is 3.22. The third-order valence-electron chi connectivity index (χ3n) is 3.72. The van der Waals surface area contributed by atoms with Crippen molar-refractivity contribution in [2.75, 3.05) is 31.8 Å². The van der Waals surface area contributed by atoms with Crippen LogP contribution in [0.25, 0.3) is 0 Å². The van der Waals surface area contributed by atoms with E-state index in [-0.39, 0.29) is 18.8 Å². The van der Waals surface area contributed by atoms with E-state index in [1.165, 1.54) is 18.2 Å². The molecule has 140 valence electrons. The first-order valence-corrected chi connectivity index (χ1v) is 9.77. The summed E-state index contributed by atoms with van der Waals surface area (Å²) >= 11 is 0. The van der Waals surface area contributed by atoms with Gasteiger partial charge in [0, 0.05) is 12.2 Å². The highest BCUT2D eigenvalue weighted by Gasteiger charge is 2.20. The molecule has 2 aromatic rings. The van der Waals surface area contributed by atoms with Gasteiger partial charge in [-0.2, -0.15) is 4.31 Å². The number of nitrogens with zero attached hydrogens (tertiary/aromatic N) is 1. The van der Waals surface area contributed by atoms with Gasteiger partial charge in [0.25, 0.3) is 0 Å². The summed E-state index contributed by atoms with van der Waals surface area (Å²) in [6, 6.07) is 12.7. The van der Waals surface area contributed by atoms with Crippen molar-refractivity contribution in [3.8, 4) is 5.75 Å². The van der Waals surface area contributed by atoms with Crippen LogP contribution in [0.4, 0.5) is 10.1 Å². The van der Waals surface area contributed by atoms with Crippen LogP contribution < -0.4 is 10.1 Å². The molecule has 0 unspecified atom stereocenters. The lowest BCUT2D eigenvalue weighted by molar-refractivity contribution is -0.116. The maximum absolute atomic E-state index is 13.2. The van der Waals surface area contributed by atoms with Crippen LogP contribution in [0.3, 0.4) is 0 Å². The van der Waals surface area contributed by atoms with Gasteiger partial charge >= 0.3 is 0 Å². The number of ether oxygens (including phenoxy) is 1. The number of methoxy groups -OCH3 is 1. The summed E-state index contributed by atoms with van der Waals surface area (Å²) in [6.07, 6.45) is 1.44. The Bertz CT molecular complexity index is 871. The van der Waals surface area contributed by atoms with Crippen molar-refractivity contribution >= 4 is 21.6 Å². The predicted octanol–water partition coefficient (Wildman–Crippen LogP) is 2.28. The Morgan fingerprint density at radius 1 is 1.19 bits per heavy atom. The van der Waals surface area contributed by atoms with Gasteiger partial charge in [-0.3, -0.25) is 4.79 Å². The van der Waals surface area contributed by atoms with E-state index < -0.39 is 21.7 Å². The van der Waals surface area contributed by atoms with Crippen LogP contribution in [0.2, 0.25) is 0 Å². The highest BCUT2D eigenvalue weighted by Crippen LogP contribution is 2.18. The molecule has 0 saturated heterocycles. The first kappa shape index (κ1) is 19.9. The maximum Gasteiger partial charge on any atom is 0.239 e. The molecule has 0 aliphatic carbocycles. The lowest BCUT2D eigenvalue weighted by Crippen LogP contribution is -2.38. The number of hydrogen-bond acceptors (Lipinski definition) is 4. The number of carbonyl (C=O) groups excluding carboxylic acids is 1. The van der Waals surface area contributed by atoms with E-state index in [1.807, 2.05) is 18.2 Å². The number of amides is 1. The normalized spacial score (nSPS) is 11.4. The summed E-state index contributed by atoms with van der Waals surface area (Å²) in [7, 11) is -2.05. The number of rotatable bonds is 8. The van der Waals surface area contributed by atoms with Crippen molar-refractivity contribution in [2.24, 2.45) is 0 Å². The van der Waals surface area contributed by atoms with Gasteiger partial charge in [0.2, 0.25) is 15.9 Å². The van der Waals surface area contributed by atoms with Gasteiger partial charge in [-0.15, -0.1) is 0 Å². The molecule has 0 atom stereocenters. The molecule has 0 aromatic heterocycles. The molecule has 2 aromatic carbocycles. The van der Waals surface area contributed by atoms with Gasteiger partial charge in [0.05, 0.1) is 19.9 Å². The quantitative estimate of drug-likeness (QED) is 0.762. The smallest absolute Gasteiger partial charge is 0.239 e. The topological polar surface area (TPSA) is 75.7 Å². The Balaban J connectivity index is 2.04. The second kappa shape index (κ2) is 8.77. The maximum atomic E-state index is 13.2. The molecule has 0 radical (unpaired) electrons. The van der Waals surface area contributed by atoms with Crippen molar-refractivity contribution in [1.29, 1.82) is 0 Å². The average Bonchev–Trinajstić information content (AvgIpc) is 2.57. The minimum Gasteiger partial charge on any atom is -0.496 e. The number of hydrogen-bond donors (Lipinski definition) is 1. The molecule has 1 amide bonds. The van der Waals surface area contributed by atoms with Crippen LogP contribution in [0.1, 0.15) is 5.56 Å². The Labute approximate surface area is 152 Å². The monoisotopic (exact) mass is 380 g/mol. The van der Waals surface area contributed by atoms with Gasteiger partial charge in [-0.1, -0.05) is 24.3 Å². The molecule has 0 aliphatic heterocycles. The van der Waals surface area contributed by atoms with Crippen molar-refractivity contribution in [2.45, 2.75) is 6.42 Å². The molecule has 6 nitrogen and oxygen atoms in total. The van der Waals surface area contributed by atoms with Crippen molar-refractivity contribution in [3.63, 3.8) is 0 Å². The minimum absolute atomic E-state index is 0.121. The largest absolute Gasteiger partial charge is 0.496 e. The average molecular weight is 380 g/mol. The van der Waals surface area contributed by atoms with Crippen LogP contribution in [0.5, 0.6) is 5.75 Å². The summed E-state index contributed by atoms with van der Waals surface area (Å²) in [5, 5.41) is 2.50. The van der Waals surface area contributed by atoms with Crippen LogP contribution in [-0.2, 0) is 21.2 Å². The van der Waals surface area contributed by atoms with E-state index in [4.69, 9.17) is 4.74 Å². The zero-order valence-corrected chi connectivity index (χ0v) is 15.4. The second-order valence-corrected chi connectivity index (χ2v) is 7.70. The fourth-order valence-electron chi connectivity index (χ4n) is 2.44. The van der Waals surface area contributed by atoms with Crippen LogP contribution in [-0.4, -0.2) is 45.1 Å². The van der Waals surface area contributed by atoms with E-state index >= 15 is 0 Å². The van der Waals surface area contributed by atoms with Gasteiger partial charge in [-0.05, 0) is 36.2 Å². The standard InChI is InChI=1S/C18H21FN2O4S/c1-25-17-9-4-3-6-14(17)10-11-21(26(2,23)24)13-18(22)20-16-8-5-7-15(19)12-16/h3-9,12H,10-11,13H2,1-2H3,(H,20,22). The molecule has 2 rings (SSSR count). The molecular weight excluding hydrogens is 359 g/mol. The van der Waals surface area contributed by atoms with Crippen LogP contribution >= 0.6 is 0 Å². The van der Waals surface area contributed by atoms with Gasteiger partial charge in [-0.25, -0.2) is 12.8 Å². The highest BCUT2D eigenvalue weighted by molar-refractivity contribution is 7.88. The zero-order chi connectivity index (χ0) is 19.2. The minimum atomic E-state index is -3.59. The number of para-hydroxylation sites is 1. The zero-order valence-electron chi connectivity index (χ0n) is 14.6. The molecule has 1 N–H and O–H groups in total. The van der Waals surface area contributed by atoms with E-state index in [0.717, 1.165) is 22.2 Å². The summed E-state index contributed by atoms with van der Waals surface area (Å²) in [6.45, 7) is -0.236.